The summed E-state index contributed by atoms with van der Waals surface area (Å²) in [7, 11) is 0. The maximum absolute atomic E-state index is 4.18. The molecule has 0 amide bonds. The lowest BCUT2D eigenvalue weighted by atomic mass is 10.1. The molecule has 0 unspecified atom stereocenters. The summed E-state index contributed by atoms with van der Waals surface area (Å²) in [6.45, 7) is 6.81. The summed E-state index contributed by atoms with van der Waals surface area (Å²) in [5.74, 6) is 0. The van der Waals surface area contributed by atoms with Crippen LogP contribution in [0.25, 0.3) is 0 Å². The van der Waals surface area contributed by atoms with Crippen molar-refractivity contribution < 1.29 is 0 Å². The molecule has 1 aromatic carbocycles. The third kappa shape index (κ3) is 4.41. The Balaban J connectivity index is 2.49. The van der Waals surface area contributed by atoms with Crippen LogP contribution in [-0.2, 0) is 6.54 Å². The van der Waals surface area contributed by atoms with Gasteiger partial charge >= 0.3 is 0 Å². The number of hydrogen-bond donors (Lipinski definition) is 0. The van der Waals surface area contributed by atoms with Crippen LogP contribution in [0.4, 0.5) is 0 Å². The van der Waals surface area contributed by atoms with Crippen molar-refractivity contribution in [1.82, 2.24) is 0 Å². The zero-order chi connectivity index (χ0) is 9.73. The second-order valence-electron chi connectivity index (χ2n) is 4.06. The molecule has 0 bridgehead atoms. The minimum Gasteiger partial charge on any atom is -0.189 e. The van der Waals surface area contributed by atoms with Gasteiger partial charge in [-0.05, 0) is 26.3 Å². The second-order valence-corrected chi connectivity index (χ2v) is 4.06. The van der Waals surface area contributed by atoms with Crippen LogP contribution in [0.3, 0.4) is 0 Å². The van der Waals surface area contributed by atoms with Crippen molar-refractivity contribution in [2.75, 3.05) is 0 Å². The molecule has 0 aliphatic carbocycles. The van der Waals surface area contributed by atoms with E-state index >= 15 is 0 Å². The molecule has 0 aliphatic rings. The fraction of sp³-hybridized carbons (Fsp3) is 0.455. The molecule has 70 valence electrons. The molecule has 2 heteroatoms. The molecule has 1 rings (SSSR count). The van der Waals surface area contributed by atoms with E-state index in [0.717, 1.165) is 0 Å². The van der Waals surface area contributed by atoms with Gasteiger partial charge in [0.2, 0.25) is 0 Å². The molecule has 0 N–H and O–H groups in total. The molecule has 0 saturated carbocycles. The van der Waals surface area contributed by atoms with Crippen LogP contribution in [0.5, 0.6) is 0 Å². The van der Waals surface area contributed by atoms with Gasteiger partial charge in [0.15, 0.2) is 0 Å². The lowest BCUT2D eigenvalue weighted by Crippen LogP contribution is -2.07. The topological polar surface area (TPSA) is 24.7 Å². The Bertz CT molecular complexity index is 270. The minimum absolute atomic E-state index is 0.0607. The van der Waals surface area contributed by atoms with Crippen LogP contribution in [0.2, 0.25) is 0 Å². The van der Waals surface area contributed by atoms with E-state index in [0.29, 0.717) is 6.54 Å². The summed E-state index contributed by atoms with van der Waals surface area (Å²) in [4.78, 5) is 0. The van der Waals surface area contributed by atoms with Gasteiger partial charge in [-0.1, -0.05) is 30.3 Å². The molecule has 0 fully saturated rings. The number of benzene rings is 1. The number of rotatable bonds is 2. The van der Waals surface area contributed by atoms with Crippen LogP contribution in [-0.4, -0.2) is 5.54 Å². The normalized spacial score (nSPS) is 12.2. The van der Waals surface area contributed by atoms with Gasteiger partial charge < -0.3 is 0 Å². The van der Waals surface area contributed by atoms with E-state index < -0.39 is 0 Å². The van der Waals surface area contributed by atoms with Crippen molar-refractivity contribution in [2.24, 2.45) is 10.2 Å². The highest BCUT2D eigenvalue weighted by Crippen LogP contribution is 2.08. The van der Waals surface area contributed by atoms with E-state index in [1.54, 1.807) is 0 Å². The summed E-state index contributed by atoms with van der Waals surface area (Å²) in [5.41, 5.74) is 1.14. The molecule has 0 aromatic heterocycles. The maximum Gasteiger partial charge on any atom is 0.0849 e. The standard InChI is InChI=1S/C11H16N2/c1-11(2,3)13-12-9-10-7-5-4-6-8-10/h4-8H,9H2,1-3H3. The van der Waals surface area contributed by atoms with E-state index in [-0.39, 0.29) is 5.54 Å². The van der Waals surface area contributed by atoms with E-state index in [1.807, 2.05) is 39.0 Å². The Hall–Kier alpha value is -1.18. The quantitative estimate of drug-likeness (QED) is 0.617. The molecule has 0 atom stereocenters. The zero-order valence-corrected chi connectivity index (χ0v) is 8.49. The molecule has 1 aromatic rings. The van der Waals surface area contributed by atoms with Crippen molar-refractivity contribution in [3.63, 3.8) is 0 Å². The van der Waals surface area contributed by atoms with Gasteiger partial charge in [0.25, 0.3) is 0 Å². The first-order valence-electron chi connectivity index (χ1n) is 4.50. The Kier molecular flexibility index (Phi) is 3.18. The molecule has 0 heterocycles. The summed E-state index contributed by atoms with van der Waals surface area (Å²) < 4.78 is 0. The lowest BCUT2D eigenvalue weighted by Gasteiger charge is -2.08. The van der Waals surface area contributed by atoms with Crippen molar-refractivity contribution >= 4 is 0 Å². The van der Waals surface area contributed by atoms with Crippen LogP contribution in [0.1, 0.15) is 26.3 Å². The first-order valence-corrected chi connectivity index (χ1v) is 4.50. The van der Waals surface area contributed by atoms with Gasteiger partial charge in [-0.15, -0.1) is 0 Å². The molecule has 13 heavy (non-hydrogen) atoms. The average Bonchev–Trinajstić information content (AvgIpc) is 2.04. The molecule has 0 aliphatic heterocycles. The van der Waals surface area contributed by atoms with Crippen molar-refractivity contribution in [2.45, 2.75) is 32.9 Å². The summed E-state index contributed by atoms with van der Waals surface area (Å²) in [5, 5.41) is 8.31. The first kappa shape index (κ1) is 9.90. The maximum atomic E-state index is 4.18. The second kappa shape index (κ2) is 4.17. The average molecular weight is 176 g/mol. The fourth-order valence-electron chi connectivity index (χ4n) is 0.913. The van der Waals surface area contributed by atoms with Gasteiger partial charge in [0.1, 0.15) is 0 Å². The Morgan fingerprint density at radius 1 is 1.08 bits per heavy atom. The van der Waals surface area contributed by atoms with Gasteiger partial charge in [0.05, 0.1) is 12.1 Å². The number of nitrogens with zero attached hydrogens (tertiary/aromatic N) is 2. The Morgan fingerprint density at radius 3 is 2.23 bits per heavy atom. The van der Waals surface area contributed by atoms with Gasteiger partial charge in [-0.2, -0.15) is 10.2 Å². The molecule has 0 radical (unpaired) electrons. The predicted octanol–water partition coefficient (Wildman–Crippen LogP) is 3.44. The van der Waals surface area contributed by atoms with Crippen LogP contribution < -0.4 is 0 Å². The molecule has 0 saturated heterocycles. The predicted molar refractivity (Wildman–Crippen MR) is 54.8 cm³/mol. The molecular formula is C11H16N2. The monoisotopic (exact) mass is 176 g/mol. The van der Waals surface area contributed by atoms with Crippen molar-refractivity contribution in [1.29, 1.82) is 0 Å². The summed E-state index contributed by atoms with van der Waals surface area (Å²) in [6.07, 6.45) is 0. The van der Waals surface area contributed by atoms with E-state index in [1.165, 1.54) is 5.56 Å². The van der Waals surface area contributed by atoms with Crippen LogP contribution in [0, 0.1) is 0 Å². The van der Waals surface area contributed by atoms with E-state index in [4.69, 9.17) is 0 Å². The van der Waals surface area contributed by atoms with E-state index in [2.05, 4.69) is 22.4 Å². The van der Waals surface area contributed by atoms with E-state index in [9.17, 15) is 0 Å². The highest BCUT2D eigenvalue weighted by Gasteiger charge is 2.05. The number of hydrogen-bond acceptors (Lipinski definition) is 2. The molecular weight excluding hydrogens is 160 g/mol. The highest BCUT2D eigenvalue weighted by molar-refractivity contribution is 5.14. The van der Waals surface area contributed by atoms with Crippen molar-refractivity contribution in [3.05, 3.63) is 35.9 Å². The van der Waals surface area contributed by atoms with Gasteiger partial charge in [-0.25, -0.2) is 0 Å². The number of azo groups is 1. The molecule has 2 nitrogen and oxygen atoms in total. The van der Waals surface area contributed by atoms with Crippen LogP contribution >= 0.6 is 0 Å². The Labute approximate surface area is 79.7 Å². The zero-order valence-electron chi connectivity index (χ0n) is 8.49. The SMILES string of the molecule is CC(C)(C)N=NCc1ccccc1. The summed E-state index contributed by atoms with van der Waals surface area (Å²) >= 11 is 0. The highest BCUT2D eigenvalue weighted by atomic mass is 15.1. The first-order chi connectivity index (χ1) is 6.08. The Morgan fingerprint density at radius 2 is 1.69 bits per heavy atom. The minimum atomic E-state index is -0.0607. The smallest absolute Gasteiger partial charge is 0.0849 e. The third-order valence-electron chi connectivity index (χ3n) is 1.47. The largest absolute Gasteiger partial charge is 0.189 e. The van der Waals surface area contributed by atoms with Gasteiger partial charge in [-0.3, -0.25) is 0 Å². The third-order valence-corrected chi connectivity index (χ3v) is 1.47. The van der Waals surface area contributed by atoms with Gasteiger partial charge in [0, 0.05) is 0 Å². The fourth-order valence-corrected chi connectivity index (χ4v) is 0.913. The summed E-state index contributed by atoms with van der Waals surface area (Å²) in [6, 6.07) is 10.2. The van der Waals surface area contributed by atoms with Crippen molar-refractivity contribution in [3.8, 4) is 0 Å². The lowest BCUT2D eigenvalue weighted by molar-refractivity contribution is 0.537. The van der Waals surface area contributed by atoms with Crippen LogP contribution in [0.15, 0.2) is 40.6 Å². The molecule has 0 spiro atoms.